The highest BCUT2D eigenvalue weighted by Crippen LogP contribution is 2.22. The highest BCUT2D eigenvalue weighted by atomic mass is 35.5. The Balaban J connectivity index is 2.28. The molecule has 0 fully saturated rings. The van der Waals surface area contributed by atoms with Crippen LogP contribution in [0.1, 0.15) is 13.8 Å². The number of benzene rings is 1. The molecule has 0 amide bonds. The van der Waals surface area contributed by atoms with Gasteiger partial charge in [0.05, 0.1) is 18.2 Å². The third kappa shape index (κ3) is 2.92. The van der Waals surface area contributed by atoms with Gasteiger partial charge in [0.25, 0.3) is 0 Å². The van der Waals surface area contributed by atoms with E-state index in [4.69, 9.17) is 17.3 Å². The molecule has 0 aliphatic rings. The van der Waals surface area contributed by atoms with Crippen LogP contribution in [0.3, 0.4) is 0 Å². The second-order valence-corrected chi connectivity index (χ2v) is 5.29. The van der Waals surface area contributed by atoms with E-state index in [1.807, 2.05) is 36.8 Å². The molecule has 0 saturated heterocycles. The Morgan fingerprint density at radius 2 is 2.17 bits per heavy atom. The lowest BCUT2D eigenvalue weighted by Gasteiger charge is -2.17. The molecule has 0 saturated carbocycles. The predicted octanol–water partition coefficient (Wildman–Crippen LogP) is 3.19. The molecule has 1 aromatic heterocycles. The minimum Gasteiger partial charge on any atom is -0.329 e. The van der Waals surface area contributed by atoms with Gasteiger partial charge in [-0.15, -0.1) is 0 Å². The van der Waals surface area contributed by atoms with E-state index in [0.717, 1.165) is 22.8 Å². The third-order valence-corrected chi connectivity index (χ3v) is 3.33. The molecule has 0 aliphatic heterocycles. The molecule has 1 unspecified atom stereocenters. The number of imidazole rings is 1. The van der Waals surface area contributed by atoms with Gasteiger partial charge in [-0.1, -0.05) is 37.6 Å². The van der Waals surface area contributed by atoms with Crippen LogP contribution in [0.25, 0.3) is 11.3 Å². The Hall–Kier alpha value is -1.32. The molecule has 2 N–H and O–H groups in total. The van der Waals surface area contributed by atoms with E-state index in [2.05, 4.69) is 23.4 Å². The predicted molar refractivity (Wildman–Crippen MR) is 75.5 cm³/mol. The molecule has 1 heterocycles. The Bertz CT molecular complexity index is 519. The largest absolute Gasteiger partial charge is 0.329 e. The van der Waals surface area contributed by atoms with E-state index in [1.165, 1.54) is 0 Å². The Labute approximate surface area is 113 Å². The summed E-state index contributed by atoms with van der Waals surface area (Å²) < 4.78 is 2.08. The van der Waals surface area contributed by atoms with E-state index >= 15 is 0 Å². The van der Waals surface area contributed by atoms with Gasteiger partial charge >= 0.3 is 0 Å². The van der Waals surface area contributed by atoms with Gasteiger partial charge in [-0.3, -0.25) is 0 Å². The summed E-state index contributed by atoms with van der Waals surface area (Å²) in [7, 11) is 0. The minimum absolute atomic E-state index is 0.122. The summed E-state index contributed by atoms with van der Waals surface area (Å²) in [5.41, 5.74) is 8.23. The Kier molecular flexibility index (Phi) is 4.04. The van der Waals surface area contributed by atoms with Crippen LogP contribution >= 0.6 is 11.6 Å². The summed E-state index contributed by atoms with van der Waals surface area (Å²) in [5, 5.41) is 0.730. The standard InChI is InChI=1S/C14H18ClN3/c1-10(2)13(16)8-18-9-17-7-14(18)11-4-3-5-12(15)6-11/h3-7,9-10,13H,8,16H2,1-2H3. The summed E-state index contributed by atoms with van der Waals surface area (Å²) in [5.74, 6) is 0.444. The van der Waals surface area contributed by atoms with Gasteiger partial charge in [-0.25, -0.2) is 4.98 Å². The molecule has 18 heavy (non-hydrogen) atoms. The minimum atomic E-state index is 0.122. The van der Waals surface area contributed by atoms with Crippen LogP contribution < -0.4 is 5.73 Å². The highest BCUT2D eigenvalue weighted by Gasteiger charge is 2.12. The number of aromatic nitrogens is 2. The molecule has 2 aromatic rings. The van der Waals surface area contributed by atoms with E-state index in [9.17, 15) is 0 Å². The smallest absolute Gasteiger partial charge is 0.0951 e. The maximum Gasteiger partial charge on any atom is 0.0951 e. The number of hydrogen-bond donors (Lipinski definition) is 1. The van der Waals surface area contributed by atoms with Crippen LogP contribution in [0.2, 0.25) is 5.02 Å². The molecular formula is C14H18ClN3. The molecule has 0 aliphatic carbocycles. The normalized spacial score (nSPS) is 12.9. The molecule has 0 radical (unpaired) electrons. The van der Waals surface area contributed by atoms with Crippen LogP contribution in [-0.2, 0) is 6.54 Å². The molecule has 1 aromatic carbocycles. The van der Waals surface area contributed by atoms with Crippen molar-refractivity contribution in [3.8, 4) is 11.3 Å². The maximum atomic E-state index is 6.11. The van der Waals surface area contributed by atoms with E-state index in [1.54, 1.807) is 0 Å². The van der Waals surface area contributed by atoms with E-state index < -0.39 is 0 Å². The number of nitrogens with two attached hydrogens (primary N) is 1. The first-order valence-electron chi connectivity index (χ1n) is 6.09. The molecule has 96 valence electrons. The van der Waals surface area contributed by atoms with Crippen molar-refractivity contribution in [1.29, 1.82) is 0 Å². The molecule has 3 nitrogen and oxygen atoms in total. The topological polar surface area (TPSA) is 43.8 Å². The quantitative estimate of drug-likeness (QED) is 0.921. The van der Waals surface area contributed by atoms with Crippen molar-refractivity contribution >= 4 is 11.6 Å². The maximum absolute atomic E-state index is 6.11. The summed E-state index contributed by atoms with van der Waals surface area (Å²) in [6.07, 6.45) is 3.66. The molecule has 1 atom stereocenters. The lowest BCUT2D eigenvalue weighted by atomic mass is 10.1. The van der Waals surface area contributed by atoms with Crippen LogP contribution in [0.4, 0.5) is 0 Å². The van der Waals surface area contributed by atoms with Crippen molar-refractivity contribution in [3.05, 3.63) is 41.8 Å². The van der Waals surface area contributed by atoms with Crippen molar-refractivity contribution in [1.82, 2.24) is 9.55 Å². The zero-order valence-electron chi connectivity index (χ0n) is 10.7. The molecular weight excluding hydrogens is 246 g/mol. The number of halogens is 1. The monoisotopic (exact) mass is 263 g/mol. The summed E-state index contributed by atoms with van der Waals surface area (Å²) in [6, 6.07) is 7.90. The fourth-order valence-electron chi connectivity index (χ4n) is 1.79. The molecule has 0 bridgehead atoms. The van der Waals surface area contributed by atoms with Gasteiger partial charge in [0.1, 0.15) is 0 Å². The lowest BCUT2D eigenvalue weighted by molar-refractivity contribution is 0.435. The summed E-state index contributed by atoms with van der Waals surface area (Å²) in [4.78, 5) is 4.20. The van der Waals surface area contributed by atoms with Crippen LogP contribution in [0, 0.1) is 5.92 Å². The second kappa shape index (κ2) is 5.55. The van der Waals surface area contributed by atoms with Crippen molar-refractivity contribution in [3.63, 3.8) is 0 Å². The fraction of sp³-hybridized carbons (Fsp3) is 0.357. The van der Waals surface area contributed by atoms with E-state index in [-0.39, 0.29) is 6.04 Å². The summed E-state index contributed by atoms with van der Waals surface area (Å²) >= 11 is 6.02. The Morgan fingerprint density at radius 1 is 1.39 bits per heavy atom. The van der Waals surface area contributed by atoms with Crippen LogP contribution in [-0.4, -0.2) is 15.6 Å². The summed E-state index contributed by atoms with van der Waals surface area (Å²) in [6.45, 7) is 5.01. The average Bonchev–Trinajstić information content (AvgIpc) is 2.77. The average molecular weight is 264 g/mol. The first-order chi connectivity index (χ1) is 8.58. The number of hydrogen-bond acceptors (Lipinski definition) is 2. The van der Waals surface area contributed by atoms with Crippen LogP contribution in [0.15, 0.2) is 36.8 Å². The van der Waals surface area contributed by atoms with Gasteiger partial charge in [0, 0.05) is 23.2 Å². The number of rotatable bonds is 4. The van der Waals surface area contributed by atoms with Gasteiger partial charge in [0.2, 0.25) is 0 Å². The molecule has 2 rings (SSSR count). The van der Waals surface area contributed by atoms with Gasteiger partial charge < -0.3 is 10.3 Å². The van der Waals surface area contributed by atoms with Crippen molar-refractivity contribution < 1.29 is 0 Å². The first kappa shape index (κ1) is 13.1. The molecule has 0 spiro atoms. The SMILES string of the molecule is CC(C)C(N)Cn1cncc1-c1cccc(Cl)c1. The zero-order chi connectivity index (χ0) is 13.1. The third-order valence-electron chi connectivity index (χ3n) is 3.10. The van der Waals surface area contributed by atoms with E-state index in [0.29, 0.717) is 5.92 Å². The lowest BCUT2D eigenvalue weighted by Crippen LogP contribution is -2.31. The van der Waals surface area contributed by atoms with Crippen molar-refractivity contribution in [2.75, 3.05) is 0 Å². The van der Waals surface area contributed by atoms with Crippen molar-refractivity contribution in [2.45, 2.75) is 26.4 Å². The molecule has 4 heteroatoms. The van der Waals surface area contributed by atoms with Gasteiger partial charge in [0.15, 0.2) is 0 Å². The fourth-order valence-corrected chi connectivity index (χ4v) is 1.98. The van der Waals surface area contributed by atoms with Crippen molar-refractivity contribution in [2.24, 2.45) is 11.7 Å². The van der Waals surface area contributed by atoms with Gasteiger partial charge in [-0.05, 0) is 18.1 Å². The Morgan fingerprint density at radius 3 is 2.83 bits per heavy atom. The highest BCUT2D eigenvalue weighted by molar-refractivity contribution is 6.30. The zero-order valence-corrected chi connectivity index (χ0v) is 11.4. The second-order valence-electron chi connectivity index (χ2n) is 4.85. The van der Waals surface area contributed by atoms with Gasteiger partial charge in [-0.2, -0.15) is 0 Å². The van der Waals surface area contributed by atoms with Crippen LogP contribution in [0.5, 0.6) is 0 Å². The first-order valence-corrected chi connectivity index (χ1v) is 6.47. The number of nitrogens with zero attached hydrogens (tertiary/aromatic N) is 2.